The molecule has 118 valence electrons. The van der Waals surface area contributed by atoms with Crippen LogP contribution in [0.15, 0.2) is 22.8 Å². The fourth-order valence-electron chi connectivity index (χ4n) is 2.90. The summed E-state index contributed by atoms with van der Waals surface area (Å²) in [4.78, 5) is 12.0. The molecule has 1 heterocycles. The molecular weight excluding hydrogens is 268 g/mol. The number of carbonyl (C=O) groups is 1. The van der Waals surface area contributed by atoms with Crippen molar-refractivity contribution in [3.8, 4) is 0 Å². The van der Waals surface area contributed by atoms with Gasteiger partial charge in [-0.05, 0) is 31.9 Å². The van der Waals surface area contributed by atoms with Crippen LogP contribution in [0.5, 0.6) is 0 Å². The third-order valence-corrected chi connectivity index (χ3v) is 4.44. The van der Waals surface area contributed by atoms with Crippen LogP contribution in [0.3, 0.4) is 0 Å². The van der Waals surface area contributed by atoms with Crippen molar-refractivity contribution in [2.45, 2.75) is 51.6 Å². The Labute approximate surface area is 126 Å². The van der Waals surface area contributed by atoms with Gasteiger partial charge in [-0.15, -0.1) is 0 Å². The number of aliphatic hydroxyl groups is 1. The lowest BCUT2D eigenvalue weighted by Crippen LogP contribution is -2.47. The molecule has 1 saturated carbocycles. The van der Waals surface area contributed by atoms with Gasteiger partial charge in [0.1, 0.15) is 5.76 Å². The van der Waals surface area contributed by atoms with E-state index in [9.17, 15) is 9.90 Å². The lowest BCUT2D eigenvalue weighted by Gasteiger charge is -2.36. The normalized spacial score (nSPS) is 19.1. The Hall–Kier alpha value is -1.33. The van der Waals surface area contributed by atoms with Crippen molar-refractivity contribution in [3.05, 3.63) is 24.2 Å². The molecule has 1 unspecified atom stereocenters. The summed E-state index contributed by atoms with van der Waals surface area (Å²) < 4.78 is 5.18. The quantitative estimate of drug-likeness (QED) is 0.717. The van der Waals surface area contributed by atoms with E-state index in [1.54, 1.807) is 12.3 Å². The molecule has 1 aromatic heterocycles. The number of furan rings is 1. The first-order valence-electron chi connectivity index (χ1n) is 7.80. The van der Waals surface area contributed by atoms with Gasteiger partial charge in [-0.3, -0.25) is 4.79 Å². The van der Waals surface area contributed by atoms with Gasteiger partial charge in [0.25, 0.3) is 0 Å². The molecule has 2 rings (SSSR count). The maximum absolute atomic E-state index is 12.0. The Morgan fingerprint density at radius 3 is 2.81 bits per heavy atom. The Kier molecular flexibility index (Phi) is 5.82. The van der Waals surface area contributed by atoms with Gasteiger partial charge in [-0.25, -0.2) is 0 Å². The van der Waals surface area contributed by atoms with E-state index < -0.39 is 0 Å². The minimum atomic E-state index is -0.273. The fourth-order valence-corrected chi connectivity index (χ4v) is 2.90. The highest BCUT2D eigenvalue weighted by Crippen LogP contribution is 2.35. The van der Waals surface area contributed by atoms with Gasteiger partial charge < -0.3 is 20.2 Å². The first-order chi connectivity index (χ1) is 10.2. The molecular formula is C16H26N2O3. The van der Waals surface area contributed by atoms with Crippen molar-refractivity contribution in [2.75, 3.05) is 13.2 Å². The predicted molar refractivity (Wildman–Crippen MR) is 80.6 cm³/mol. The van der Waals surface area contributed by atoms with E-state index in [1.165, 1.54) is 19.3 Å². The summed E-state index contributed by atoms with van der Waals surface area (Å²) in [5.41, 5.74) is -0.0478. The Morgan fingerprint density at radius 2 is 2.19 bits per heavy atom. The van der Waals surface area contributed by atoms with Crippen LogP contribution in [0.25, 0.3) is 0 Å². The van der Waals surface area contributed by atoms with Crippen molar-refractivity contribution in [1.29, 1.82) is 0 Å². The van der Waals surface area contributed by atoms with Gasteiger partial charge >= 0.3 is 0 Å². The molecule has 1 aliphatic rings. The topological polar surface area (TPSA) is 74.5 Å². The average Bonchev–Trinajstić information content (AvgIpc) is 3.04. The number of aliphatic hydroxyl groups excluding tert-OH is 1. The van der Waals surface area contributed by atoms with Crippen molar-refractivity contribution >= 4 is 5.91 Å². The summed E-state index contributed by atoms with van der Waals surface area (Å²) in [7, 11) is 0. The fraction of sp³-hybridized carbons (Fsp3) is 0.688. The third-order valence-electron chi connectivity index (χ3n) is 4.44. The van der Waals surface area contributed by atoms with Crippen LogP contribution in [0.2, 0.25) is 0 Å². The summed E-state index contributed by atoms with van der Waals surface area (Å²) in [5.74, 6) is 0.699. The van der Waals surface area contributed by atoms with Gasteiger partial charge in [0.2, 0.25) is 5.91 Å². The van der Waals surface area contributed by atoms with E-state index >= 15 is 0 Å². The molecule has 1 atom stereocenters. The molecule has 1 aliphatic carbocycles. The summed E-state index contributed by atoms with van der Waals surface area (Å²) in [5, 5.41) is 15.8. The number of nitrogens with one attached hydrogen (secondary N) is 2. The predicted octanol–water partition coefficient (Wildman–Crippen LogP) is 1.82. The summed E-state index contributed by atoms with van der Waals surface area (Å²) >= 11 is 0. The SMILES string of the molecule is CC(NCC1(CO)CCCCC1)C(=O)NCc1ccco1. The molecule has 1 fully saturated rings. The van der Waals surface area contributed by atoms with Crippen LogP contribution < -0.4 is 10.6 Å². The molecule has 0 radical (unpaired) electrons. The molecule has 5 nitrogen and oxygen atoms in total. The molecule has 0 aliphatic heterocycles. The van der Waals surface area contributed by atoms with Crippen LogP contribution in [-0.2, 0) is 11.3 Å². The molecule has 0 spiro atoms. The summed E-state index contributed by atoms with van der Waals surface area (Å²) in [6, 6.07) is 3.36. The van der Waals surface area contributed by atoms with Crippen LogP contribution in [0.4, 0.5) is 0 Å². The highest BCUT2D eigenvalue weighted by Gasteiger charge is 2.31. The van der Waals surface area contributed by atoms with Gasteiger partial charge in [0.05, 0.1) is 18.8 Å². The second-order valence-corrected chi connectivity index (χ2v) is 6.12. The molecule has 1 amide bonds. The summed E-state index contributed by atoms with van der Waals surface area (Å²) in [6.45, 7) is 3.15. The van der Waals surface area contributed by atoms with E-state index in [0.29, 0.717) is 13.1 Å². The number of amides is 1. The van der Waals surface area contributed by atoms with Crippen molar-refractivity contribution in [2.24, 2.45) is 5.41 Å². The molecule has 21 heavy (non-hydrogen) atoms. The zero-order valence-corrected chi connectivity index (χ0v) is 12.7. The minimum absolute atomic E-state index is 0.0460. The van der Waals surface area contributed by atoms with Gasteiger partial charge in [-0.1, -0.05) is 19.3 Å². The van der Waals surface area contributed by atoms with Crippen LogP contribution in [-0.4, -0.2) is 30.2 Å². The Bertz CT molecular complexity index is 425. The van der Waals surface area contributed by atoms with Crippen LogP contribution in [0.1, 0.15) is 44.8 Å². The van der Waals surface area contributed by atoms with E-state index in [-0.39, 0.29) is 24.0 Å². The van der Waals surface area contributed by atoms with Crippen molar-refractivity contribution < 1.29 is 14.3 Å². The Morgan fingerprint density at radius 1 is 1.43 bits per heavy atom. The number of hydrogen-bond donors (Lipinski definition) is 3. The standard InChI is InChI=1S/C16H26N2O3/c1-13(15(20)17-10-14-6-5-9-21-14)18-11-16(12-19)7-3-2-4-8-16/h5-6,9,13,18-19H,2-4,7-8,10-12H2,1H3,(H,17,20). The summed E-state index contributed by atoms with van der Waals surface area (Å²) in [6.07, 6.45) is 7.26. The minimum Gasteiger partial charge on any atom is -0.467 e. The van der Waals surface area contributed by atoms with E-state index in [2.05, 4.69) is 10.6 Å². The van der Waals surface area contributed by atoms with E-state index in [1.807, 2.05) is 13.0 Å². The van der Waals surface area contributed by atoms with Crippen molar-refractivity contribution in [1.82, 2.24) is 10.6 Å². The molecule has 0 saturated heterocycles. The smallest absolute Gasteiger partial charge is 0.237 e. The molecule has 5 heteroatoms. The van der Waals surface area contributed by atoms with E-state index in [0.717, 1.165) is 18.6 Å². The van der Waals surface area contributed by atoms with Gasteiger partial charge in [0.15, 0.2) is 0 Å². The molecule has 3 N–H and O–H groups in total. The van der Waals surface area contributed by atoms with Gasteiger partial charge in [-0.2, -0.15) is 0 Å². The number of rotatable bonds is 7. The van der Waals surface area contributed by atoms with Gasteiger partial charge in [0, 0.05) is 18.6 Å². The largest absolute Gasteiger partial charge is 0.467 e. The monoisotopic (exact) mass is 294 g/mol. The first kappa shape index (κ1) is 16.0. The highest BCUT2D eigenvalue weighted by molar-refractivity contribution is 5.81. The Balaban J connectivity index is 1.74. The zero-order chi connectivity index (χ0) is 15.1. The molecule has 0 aromatic carbocycles. The zero-order valence-electron chi connectivity index (χ0n) is 12.7. The molecule has 0 bridgehead atoms. The van der Waals surface area contributed by atoms with Crippen LogP contribution >= 0.6 is 0 Å². The first-order valence-corrected chi connectivity index (χ1v) is 7.80. The number of carbonyl (C=O) groups excluding carboxylic acids is 1. The second kappa shape index (κ2) is 7.61. The van der Waals surface area contributed by atoms with Crippen molar-refractivity contribution in [3.63, 3.8) is 0 Å². The third kappa shape index (κ3) is 4.58. The maximum Gasteiger partial charge on any atom is 0.237 e. The molecule has 1 aromatic rings. The second-order valence-electron chi connectivity index (χ2n) is 6.12. The van der Waals surface area contributed by atoms with Crippen LogP contribution in [0, 0.1) is 5.41 Å². The lowest BCUT2D eigenvalue weighted by atomic mass is 9.74. The highest BCUT2D eigenvalue weighted by atomic mass is 16.3. The van der Waals surface area contributed by atoms with E-state index in [4.69, 9.17) is 4.42 Å². The average molecular weight is 294 g/mol. The maximum atomic E-state index is 12.0. The number of hydrogen-bond acceptors (Lipinski definition) is 4. The lowest BCUT2D eigenvalue weighted by molar-refractivity contribution is -0.123.